The van der Waals surface area contributed by atoms with Crippen LogP contribution in [-0.2, 0) is 9.59 Å². The standard InChI is InChI=1S/C11H17BrN2O2/c12-9-2-1-6-14(11(9)16)7-5-13-10(15)8-3-4-8/h8-9H,1-7H2,(H,13,15). The van der Waals surface area contributed by atoms with Crippen LogP contribution in [0, 0.1) is 5.92 Å². The molecule has 0 spiro atoms. The van der Waals surface area contributed by atoms with Crippen molar-refractivity contribution in [1.29, 1.82) is 0 Å². The minimum atomic E-state index is -0.0274. The van der Waals surface area contributed by atoms with Gasteiger partial charge in [0.2, 0.25) is 11.8 Å². The van der Waals surface area contributed by atoms with E-state index in [1.165, 1.54) is 0 Å². The molecule has 2 rings (SSSR count). The summed E-state index contributed by atoms with van der Waals surface area (Å²) in [6.07, 6.45) is 4.01. The van der Waals surface area contributed by atoms with Crippen LogP contribution in [0.4, 0.5) is 0 Å². The number of alkyl halides is 1. The Bertz CT molecular complexity index is 292. The SMILES string of the molecule is O=C(NCCN1CCCC(Br)C1=O)C1CC1. The van der Waals surface area contributed by atoms with Crippen LogP contribution in [0.1, 0.15) is 25.7 Å². The summed E-state index contributed by atoms with van der Waals surface area (Å²) in [5.41, 5.74) is 0. The second kappa shape index (κ2) is 5.17. The minimum Gasteiger partial charge on any atom is -0.354 e. The number of piperidine rings is 1. The minimum absolute atomic E-state index is 0.0274. The molecule has 1 unspecified atom stereocenters. The van der Waals surface area contributed by atoms with Crippen LogP contribution < -0.4 is 5.32 Å². The highest BCUT2D eigenvalue weighted by atomic mass is 79.9. The predicted molar refractivity (Wildman–Crippen MR) is 64.3 cm³/mol. The van der Waals surface area contributed by atoms with E-state index in [1.807, 2.05) is 4.90 Å². The lowest BCUT2D eigenvalue weighted by molar-refractivity contribution is -0.132. The molecule has 1 atom stereocenters. The summed E-state index contributed by atoms with van der Waals surface area (Å²) in [4.78, 5) is 24.9. The second-order valence-corrected chi connectivity index (χ2v) is 5.61. The zero-order valence-corrected chi connectivity index (χ0v) is 10.8. The molecule has 1 aliphatic carbocycles. The number of nitrogens with one attached hydrogen (secondary N) is 1. The van der Waals surface area contributed by atoms with Gasteiger partial charge in [-0.05, 0) is 25.7 Å². The Labute approximate surface area is 104 Å². The van der Waals surface area contributed by atoms with Crippen molar-refractivity contribution in [3.05, 3.63) is 0 Å². The lowest BCUT2D eigenvalue weighted by Crippen LogP contribution is -2.45. The Morgan fingerprint density at radius 3 is 2.88 bits per heavy atom. The first kappa shape index (κ1) is 11.9. The molecule has 1 saturated heterocycles. The van der Waals surface area contributed by atoms with E-state index in [1.54, 1.807) is 0 Å². The van der Waals surface area contributed by atoms with E-state index in [0.717, 1.165) is 32.2 Å². The second-order valence-electron chi connectivity index (χ2n) is 4.50. The highest BCUT2D eigenvalue weighted by Crippen LogP contribution is 2.28. The molecule has 1 heterocycles. The summed E-state index contributed by atoms with van der Waals surface area (Å²) < 4.78 is 0. The molecule has 0 radical (unpaired) electrons. The highest BCUT2D eigenvalue weighted by Gasteiger charge is 2.30. The fourth-order valence-electron chi connectivity index (χ4n) is 1.92. The molecule has 2 amide bonds. The maximum absolute atomic E-state index is 11.7. The third-order valence-electron chi connectivity index (χ3n) is 3.09. The van der Waals surface area contributed by atoms with Gasteiger partial charge in [0.15, 0.2) is 0 Å². The molecule has 0 aromatic heterocycles. The first-order chi connectivity index (χ1) is 7.68. The van der Waals surface area contributed by atoms with Gasteiger partial charge in [-0.3, -0.25) is 9.59 Å². The van der Waals surface area contributed by atoms with Crippen molar-refractivity contribution < 1.29 is 9.59 Å². The van der Waals surface area contributed by atoms with E-state index in [2.05, 4.69) is 21.2 Å². The Morgan fingerprint density at radius 1 is 1.44 bits per heavy atom. The quantitative estimate of drug-likeness (QED) is 0.782. The van der Waals surface area contributed by atoms with E-state index in [9.17, 15) is 9.59 Å². The fourth-order valence-corrected chi connectivity index (χ4v) is 2.53. The van der Waals surface area contributed by atoms with Crippen molar-refractivity contribution in [3.63, 3.8) is 0 Å². The molecule has 2 aliphatic rings. The lowest BCUT2D eigenvalue weighted by Gasteiger charge is -2.29. The van der Waals surface area contributed by atoms with Crippen molar-refractivity contribution in [2.45, 2.75) is 30.5 Å². The van der Waals surface area contributed by atoms with Crippen LogP contribution in [0.25, 0.3) is 0 Å². The van der Waals surface area contributed by atoms with Crippen molar-refractivity contribution in [3.8, 4) is 0 Å². The number of carbonyl (C=O) groups is 2. The highest BCUT2D eigenvalue weighted by molar-refractivity contribution is 9.10. The predicted octanol–water partition coefficient (Wildman–Crippen LogP) is 0.898. The molecule has 2 fully saturated rings. The van der Waals surface area contributed by atoms with Gasteiger partial charge < -0.3 is 10.2 Å². The summed E-state index contributed by atoms with van der Waals surface area (Å²) in [6, 6.07) is 0. The van der Waals surface area contributed by atoms with Gasteiger partial charge in [-0.15, -0.1) is 0 Å². The van der Waals surface area contributed by atoms with Crippen LogP contribution in [0.15, 0.2) is 0 Å². The van der Waals surface area contributed by atoms with Gasteiger partial charge in [-0.1, -0.05) is 15.9 Å². The Hall–Kier alpha value is -0.580. The first-order valence-electron chi connectivity index (χ1n) is 5.89. The number of hydrogen-bond acceptors (Lipinski definition) is 2. The molecule has 1 saturated carbocycles. The molecule has 1 aliphatic heterocycles. The summed E-state index contributed by atoms with van der Waals surface area (Å²) in [5.74, 6) is 0.563. The molecule has 0 bridgehead atoms. The van der Waals surface area contributed by atoms with Crippen molar-refractivity contribution in [2.24, 2.45) is 5.92 Å². The summed E-state index contributed by atoms with van der Waals surface area (Å²) in [5, 5.41) is 2.88. The van der Waals surface area contributed by atoms with Gasteiger partial charge in [-0.2, -0.15) is 0 Å². The number of likely N-dealkylation sites (tertiary alicyclic amines) is 1. The molecule has 0 aromatic rings. The Kier molecular flexibility index (Phi) is 3.84. The van der Waals surface area contributed by atoms with E-state index in [0.29, 0.717) is 13.1 Å². The number of amides is 2. The number of nitrogens with zero attached hydrogens (tertiary/aromatic N) is 1. The maximum Gasteiger partial charge on any atom is 0.236 e. The molecule has 4 nitrogen and oxygen atoms in total. The molecule has 90 valence electrons. The van der Waals surface area contributed by atoms with Gasteiger partial charge in [0.25, 0.3) is 0 Å². The number of halogens is 1. The third kappa shape index (κ3) is 2.97. The molecule has 5 heteroatoms. The molecular formula is C11H17BrN2O2. The summed E-state index contributed by atoms with van der Waals surface area (Å²) >= 11 is 3.37. The van der Waals surface area contributed by atoms with E-state index < -0.39 is 0 Å². The number of carbonyl (C=O) groups excluding carboxylic acids is 2. The first-order valence-corrected chi connectivity index (χ1v) is 6.80. The fraction of sp³-hybridized carbons (Fsp3) is 0.818. The van der Waals surface area contributed by atoms with Crippen LogP contribution >= 0.6 is 15.9 Å². The van der Waals surface area contributed by atoms with Crippen LogP contribution in [0.3, 0.4) is 0 Å². The average molecular weight is 289 g/mol. The molecule has 0 aromatic carbocycles. The van der Waals surface area contributed by atoms with Crippen LogP contribution in [-0.4, -0.2) is 41.2 Å². The molecule has 1 N–H and O–H groups in total. The largest absolute Gasteiger partial charge is 0.354 e. The van der Waals surface area contributed by atoms with Gasteiger partial charge in [-0.25, -0.2) is 0 Å². The van der Waals surface area contributed by atoms with Crippen molar-refractivity contribution in [1.82, 2.24) is 10.2 Å². The topological polar surface area (TPSA) is 49.4 Å². The van der Waals surface area contributed by atoms with Gasteiger partial charge in [0, 0.05) is 25.6 Å². The molecule has 16 heavy (non-hydrogen) atoms. The van der Waals surface area contributed by atoms with Gasteiger partial charge >= 0.3 is 0 Å². The summed E-state index contributed by atoms with van der Waals surface area (Å²) in [7, 11) is 0. The third-order valence-corrected chi connectivity index (χ3v) is 3.94. The zero-order valence-electron chi connectivity index (χ0n) is 9.25. The monoisotopic (exact) mass is 288 g/mol. The van der Waals surface area contributed by atoms with Crippen molar-refractivity contribution >= 4 is 27.7 Å². The van der Waals surface area contributed by atoms with Gasteiger partial charge in [0.05, 0.1) is 4.83 Å². The van der Waals surface area contributed by atoms with E-state index in [4.69, 9.17) is 0 Å². The van der Waals surface area contributed by atoms with E-state index in [-0.39, 0.29) is 22.6 Å². The van der Waals surface area contributed by atoms with Crippen LogP contribution in [0.5, 0.6) is 0 Å². The summed E-state index contributed by atoms with van der Waals surface area (Å²) in [6.45, 7) is 2.04. The number of rotatable bonds is 4. The maximum atomic E-state index is 11.7. The Morgan fingerprint density at radius 2 is 2.19 bits per heavy atom. The normalized spacial score (nSPS) is 25.7. The number of hydrogen-bond donors (Lipinski definition) is 1. The average Bonchev–Trinajstić information content (AvgIpc) is 3.07. The van der Waals surface area contributed by atoms with Crippen LogP contribution in [0.2, 0.25) is 0 Å². The molecular weight excluding hydrogens is 272 g/mol. The lowest BCUT2D eigenvalue weighted by atomic mass is 10.1. The van der Waals surface area contributed by atoms with Crippen molar-refractivity contribution in [2.75, 3.05) is 19.6 Å². The van der Waals surface area contributed by atoms with Gasteiger partial charge in [0.1, 0.15) is 0 Å². The van der Waals surface area contributed by atoms with E-state index >= 15 is 0 Å². The zero-order chi connectivity index (χ0) is 11.5. The Balaban J connectivity index is 1.68. The smallest absolute Gasteiger partial charge is 0.236 e.